The molecule has 1 unspecified atom stereocenters. The van der Waals surface area contributed by atoms with E-state index in [1.807, 2.05) is 35.2 Å². The van der Waals surface area contributed by atoms with Crippen molar-refractivity contribution in [1.82, 2.24) is 4.90 Å². The molecular formula is C14H21ClN2O2. The summed E-state index contributed by atoms with van der Waals surface area (Å²) < 4.78 is 5.34. The SMILES string of the molecule is Cl.NC(CC(=O)N1CCCOCC1)c1ccccc1. The second kappa shape index (κ2) is 8.15. The van der Waals surface area contributed by atoms with E-state index in [1.54, 1.807) is 0 Å². The van der Waals surface area contributed by atoms with Crippen molar-refractivity contribution in [2.45, 2.75) is 18.9 Å². The maximum Gasteiger partial charge on any atom is 0.224 e. The topological polar surface area (TPSA) is 55.6 Å². The maximum atomic E-state index is 12.1. The predicted molar refractivity (Wildman–Crippen MR) is 77.3 cm³/mol. The van der Waals surface area contributed by atoms with Crippen molar-refractivity contribution in [3.8, 4) is 0 Å². The Labute approximate surface area is 120 Å². The summed E-state index contributed by atoms with van der Waals surface area (Å²) in [7, 11) is 0. The summed E-state index contributed by atoms with van der Waals surface area (Å²) >= 11 is 0. The quantitative estimate of drug-likeness (QED) is 0.920. The number of halogens is 1. The minimum atomic E-state index is -0.220. The zero-order chi connectivity index (χ0) is 12.8. The fourth-order valence-electron chi connectivity index (χ4n) is 2.13. The van der Waals surface area contributed by atoms with Crippen LogP contribution in [0, 0.1) is 0 Å². The van der Waals surface area contributed by atoms with E-state index >= 15 is 0 Å². The molecule has 1 aliphatic heterocycles. The predicted octanol–water partition coefficient (Wildman–Crippen LogP) is 1.75. The summed E-state index contributed by atoms with van der Waals surface area (Å²) in [5, 5.41) is 0. The molecule has 0 aromatic heterocycles. The van der Waals surface area contributed by atoms with Crippen LogP contribution in [0.2, 0.25) is 0 Å². The van der Waals surface area contributed by atoms with E-state index in [2.05, 4.69) is 0 Å². The molecule has 0 radical (unpaired) electrons. The number of ether oxygens (including phenoxy) is 1. The van der Waals surface area contributed by atoms with Gasteiger partial charge >= 0.3 is 0 Å². The Morgan fingerprint density at radius 2 is 2.00 bits per heavy atom. The first-order chi connectivity index (χ1) is 8.77. The number of nitrogens with zero attached hydrogens (tertiary/aromatic N) is 1. The Bertz CT molecular complexity index is 378. The average molecular weight is 285 g/mol. The lowest BCUT2D eigenvalue weighted by molar-refractivity contribution is -0.131. The molecule has 1 aromatic rings. The molecule has 2 rings (SSSR count). The molecule has 0 aliphatic carbocycles. The molecule has 1 atom stereocenters. The van der Waals surface area contributed by atoms with Gasteiger partial charge in [-0.3, -0.25) is 4.79 Å². The van der Waals surface area contributed by atoms with Crippen LogP contribution < -0.4 is 5.73 Å². The van der Waals surface area contributed by atoms with E-state index in [4.69, 9.17) is 10.5 Å². The van der Waals surface area contributed by atoms with Gasteiger partial charge in [0.1, 0.15) is 0 Å². The molecule has 1 fully saturated rings. The fraction of sp³-hybridized carbons (Fsp3) is 0.500. The van der Waals surface area contributed by atoms with E-state index in [9.17, 15) is 4.79 Å². The monoisotopic (exact) mass is 284 g/mol. The molecule has 19 heavy (non-hydrogen) atoms. The summed E-state index contributed by atoms with van der Waals surface area (Å²) in [6.07, 6.45) is 1.27. The van der Waals surface area contributed by atoms with Crippen LogP contribution in [0.15, 0.2) is 30.3 Å². The lowest BCUT2D eigenvalue weighted by Gasteiger charge is -2.21. The van der Waals surface area contributed by atoms with Gasteiger partial charge in [0.2, 0.25) is 5.91 Å². The minimum absolute atomic E-state index is 0. The van der Waals surface area contributed by atoms with Gasteiger partial charge in [0.15, 0.2) is 0 Å². The van der Waals surface area contributed by atoms with Crippen LogP contribution in [0.4, 0.5) is 0 Å². The molecule has 106 valence electrons. The minimum Gasteiger partial charge on any atom is -0.380 e. The average Bonchev–Trinajstić information content (AvgIpc) is 2.68. The Morgan fingerprint density at radius 3 is 2.74 bits per heavy atom. The Balaban J connectivity index is 0.00000180. The third-order valence-electron chi connectivity index (χ3n) is 3.20. The van der Waals surface area contributed by atoms with Gasteiger partial charge in [0.05, 0.1) is 6.61 Å². The first kappa shape index (κ1) is 16.0. The first-order valence-electron chi connectivity index (χ1n) is 6.43. The number of hydrogen-bond donors (Lipinski definition) is 1. The van der Waals surface area contributed by atoms with Crippen LogP contribution in [-0.4, -0.2) is 37.1 Å². The van der Waals surface area contributed by atoms with Gasteiger partial charge in [-0.15, -0.1) is 12.4 Å². The lowest BCUT2D eigenvalue weighted by Crippen LogP contribution is -2.35. The Morgan fingerprint density at radius 1 is 1.26 bits per heavy atom. The number of carbonyl (C=O) groups excluding carboxylic acids is 1. The van der Waals surface area contributed by atoms with Gasteiger partial charge in [-0.25, -0.2) is 0 Å². The summed E-state index contributed by atoms with van der Waals surface area (Å²) in [6.45, 7) is 2.83. The molecule has 0 saturated carbocycles. The highest BCUT2D eigenvalue weighted by molar-refractivity contribution is 5.85. The fourth-order valence-corrected chi connectivity index (χ4v) is 2.13. The first-order valence-corrected chi connectivity index (χ1v) is 6.43. The van der Waals surface area contributed by atoms with E-state index in [0.29, 0.717) is 19.6 Å². The highest BCUT2D eigenvalue weighted by atomic mass is 35.5. The highest BCUT2D eigenvalue weighted by Gasteiger charge is 2.18. The van der Waals surface area contributed by atoms with Gasteiger partial charge in [-0.2, -0.15) is 0 Å². The molecule has 1 aromatic carbocycles. The van der Waals surface area contributed by atoms with E-state index in [0.717, 1.165) is 25.1 Å². The molecule has 1 amide bonds. The normalized spacial score (nSPS) is 17.2. The molecule has 5 heteroatoms. The van der Waals surface area contributed by atoms with Crippen molar-refractivity contribution in [2.24, 2.45) is 5.73 Å². The maximum absolute atomic E-state index is 12.1. The third kappa shape index (κ3) is 4.82. The van der Waals surface area contributed by atoms with Crippen LogP contribution in [0.3, 0.4) is 0 Å². The Hall–Kier alpha value is -1.10. The number of nitrogens with two attached hydrogens (primary N) is 1. The molecule has 1 saturated heterocycles. The molecular weight excluding hydrogens is 264 g/mol. The van der Waals surface area contributed by atoms with Crippen molar-refractivity contribution in [3.05, 3.63) is 35.9 Å². The van der Waals surface area contributed by atoms with Gasteiger partial charge in [-0.1, -0.05) is 30.3 Å². The number of amides is 1. The molecule has 4 nitrogen and oxygen atoms in total. The van der Waals surface area contributed by atoms with Crippen molar-refractivity contribution in [3.63, 3.8) is 0 Å². The van der Waals surface area contributed by atoms with Gasteiger partial charge in [-0.05, 0) is 12.0 Å². The summed E-state index contributed by atoms with van der Waals surface area (Å²) in [5.74, 6) is 0.122. The molecule has 2 N–H and O–H groups in total. The van der Waals surface area contributed by atoms with E-state index < -0.39 is 0 Å². The number of carbonyl (C=O) groups is 1. The van der Waals surface area contributed by atoms with Crippen LogP contribution in [0.1, 0.15) is 24.4 Å². The van der Waals surface area contributed by atoms with E-state index in [-0.39, 0.29) is 24.4 Å². The zero-order valence-electron chi connectivity index (χ0n) is 11.0. The third-order valence-corrected chi connectivity index (χ3v) is 3.20. The molecule has 1 aliphatic rings. The number of rotatable bonds is 3. The van der Waals surface area contributed by atoms with Crippen LogP contribution >= 0.6 is 12.4 Å². The van der Waals surface area contributed by atoms with Gasteiger partial charge < -0.3 is 15.4 Å². The Kier molecular flexibility index (Phi) is 6.84. The zero-order valence-corrected chi connectivity index (χ0v) is 11.8. The molecule has 1 heterocycles. The van der Waals surface area contributed by atoms with Crippen molar-refractivity contribution in [2.75, 3.05) is 26.3 Å². The number of hydrogen-bond acceptors (Lipinski definition) is 3. The van der Waals surface area contributed by atoms with Gasteiger partial charge in [0, 0.05) is 32.2 Å². The standard InChI is InChI=1S/C14H20N2O2.ClH/c15-13(12-5-2-1-3-6-12)11-14(17)16-7-4-9-18-10-8-16;/h1-3,5-6,13H,4,7-11,15H2;1H. The second-order valence-electron chi connectivity index (χ2n) is 4.57. The van der Waals surface area contributed by atoms with Crippen molar-refractivity contribution >= 4 is 18.3 Å². The van der Waals surface area contributed by atoms with Crippen LogP contribution in [0.25, 0.3) is 0 Å². The largest absolute Gasteiger partial charge is 0.380 e. The van der Waals surface area contributed by atoms with Gasteiger partial charge in [0.25, 0.3) is 0 Å². The van der Waals surface area contributed by atoms with Crippen LogP contribution in [0.5, 0.6) is 0 Å². The molecule has 0 bridgehead atoms. The van der Waals surface area contributed by atoms with E-state index in [1.165, 1.54) is 0 Å². The lowest BCUT2D eigenvalue weighted by atomic mass is 10.0. The second-order valence-corrected chi connectivity index (χ2v) is 4.57. The molecule has 0 spiro atoms. The summed E-state index contributed by atoms with van der Waals surface area (Å²) in [6, 6.07) is 9.54. The van der Waals surface area contributed by atoms with Crippen LogP contribution in [-0.2, 0) is 9.53 Å². The summed E-state index contributed by atoms with van der Waals surface area (Å²) in [4.78, 5) is 14.0. The smallest absolute Gasteiger partial charge is 0.224 e. The van der Waals surface area contributed by atoms with Crippen molar-refractivity contribution in [1.29, 1.82) is 0 Å². The summed E-state index contributed by atoms with van der Waals surface area (Å²) in [5.41, 5.74) is 7.07. The highest BCUT2D eigenvalue weighted by Crippen LogP contribution is 2.15. The van der Waals surface area contributed by atoms with Crippen molar-refractivity contribution < 1.29 is 9.53 Å². The number of benzene rings is 1.